The number of benzene rings is 1. The van der Waals surface area contributed by atoms with Crippen LogP contribution in [0.25, 0.3) is 0 Å². The van der Waals surface area contributed by atoms with Gasteiger partial charge in [0.1, 0.15) is 0 Å². The molecule has 3 aliphatic carbocycles. The van der Waals surface area contributed by atoms with Crippen LogP contribution in [-0.2, 0) is 21.9 Å². The zero-order chi connectivity index (χ0) is 19.0. The summed E-state index contributed by atoms with van der Waals surface area (Å²) in [5, 5.41) is -0.537. The number of rotatable bonds is 3. The molecule has 0 N–H and O–H groups in total. The van der Waals surface area contributed by atoms with Crippen molar-refractivity contribution < 1.29 is 22.5 Å². The Kier molecular flexibility index (Phi) is 4.05. The first-order chi connectivity index (χ1) is 12.0. The fourth-order valence-corrected chi connectivity index (χ4v) is 5.66. The van der Waals surface area contributed by atoms with Crippen molar-refractivity contribution in [2.45, 2.75) is 69.1 Å². The van der Waals surface area contributed by atoms with E-state index in [-0.39, 0.29) is 23.0 Å². The minimum Gasteiger partial charge on any atom is -0.402 e. The maximum Gasteiger partial charge on any atom is 0.477 e. The van der Waals surface area contributed by atoms with Crippen LogP contribution in [0.1, 0.15) is 51.2 Å². The number of alkyl halides is 4. The fraction of sp³-hybridized carbons (Fsp3) is 0.684. The maximum atomic E-state index is 12.9. The van der Waals surface area contributed by atoms with Crippen molar-refractivity contribution in [3.8, 4) is 0 Å². The van der Waals surface area contributed by atoms with Crippen molar-refractivity contribution >= 4 is 18.7 Å². The van der Waals surface area contributed by atoms with Crippen LogP contribution >= 0.6 is 11.6 Å². The monoisotopic (exact) mass is 386 g/mol. The van der Waals surface area contributed by atoms with Gasteiger partial charge in [0, 0.05) is 0 Å². The normalized spacial score (nSPS) is 36.4. The summed E-state index contributed by atoms with van der Waals surface area (Å²) in [4.78, 5) is 0. The topological polar surface area (TPSA) is 18.5 Å². The number of hydrogen-bond acceptors (Lipinski definition) is 2. The van der Waals surface area contributed by atoms with Crippen LogP contribution in [0.4, 0.5) is 13.2 Å². The summed E-state index contributed by atoms with van der Waals surface area (Å²) in [6.07, 6.45) is -1.07. The van der Waals surface area contributed by atoms with E-state index in [1.807, 2.05) is 0 Å². The van der Waals surface area contributed by atoms with Gasteiger partial charge < -0.3 is 9.31 Å². The lowest BCUT2D eigenvalue weighted by molar-refractivity contribution is -0.257. The van der Waals surface area contributed by atoms with E-state index in [1.54, 1.807) is 6.07 Å². The molecule has 1 aromatic rings. The van der Waals surface area contributed by atoms with Crippen LogP contribution in [0, 0.1) is 11.3 Å². The van der Waals surface area contributed by atoms with E-state index in [1.165, 1.54) is 6.07 Å². The molecule has 1 heterocycles. The Bertz CT molecular complexity index is 725. The average Bonchev–Trinajstić information content (AvgIpc) is 2.90. The summed E-state index contributed by atoms with van der Waals surface area (Å²) in [7, 11) is -0.602. The minimum atomic E-state index is -4.36. The summed E-state index contributed by atoms with van der Waals surface area (Å²) in [6, 6.07) is 5.30. The Labute approximate surface area is 157 Å². The SMILES string of the molecule is CC12CCC3CC1(OB([C@H](Cl)Cc1cccc(C(F)(F)F)c1)O2)C3(C)C. The number of fused-ring (bicyclic) bond motifs is 1. The van der Waals surface area contributed by atoms with Gasteiger partial charge in [-0.1, -0.05) is 32.0 Å². The van der Waals surface area contributed by atoms with Gasteiger partial charge in [-0.3, -0.25) is 0 Å². The molecule has 2 bridgehead atoms. The van der Waals surface area contributed by atoms with E-state index < -0.39 is 24.1 Å². The van der Waals surface area contributed by atoms with Crippen LogP contribution in [-0.4, -0.2) is 23.6 Å². The molecule has 2 nitrogen and oxygen atoms in total. The summed E-state index contributed by atoms with van der Waals surface area (Å²) >= 11 is 6.56. The quantitative estimate of drug-likeness (QED) is 0.520. The van der Waals surface area contributed by atoms with E-state index in [9.17, 15) is 13.2 Å². The van der Waals surface area contributed by atoms with Gasteiger partial charge in [0.25, 0.3) is 0 Å². The lowest BCUT2D eigenvalue weighted by Crippen LogP contribution is -2.73. The third kappa shape index (κ3) is 2.48. The summed E-state index contributed by atoms with van der Waals surface area (Å²) in [5.74, 6) is 0.634. The van der Waals surface area contributed by atoms with Gasteiger partial charge >= 0.3 is 13.3 Å². The molecule has 7 heteroatoms. The molecule has 1 saturated heterocycles. The van der Waals surface area contributed by atoms with Crippen molar-refractivity contribution in [1.29, 1.82) is 0 Å². The first-order valence-corrected chi connectivity index (χ1v) is 9.58. The molecule has 3 saturated carbocycles. The molecule has 4 fully saturated rings. The summed E-state index contributed by atoms with van der Waals surface area (Å²) < 4.78 is 51.4. The Morgan fingerprint density at radius 3 is 2.62 bits per heavy atom. The van der Waals surface area contributed by atoms with E-state index in [0.717, 1.165) is 31.4 Å². The highest BCUT2D eigenvalue weighted by Gasteiger charge is 2.76. The first-order valence-electron chi connectivity index (χ1n) is 9.14. The number of halogens is 4. The van der Waals surface area contributed by atoms with Crippen LogP contribution in [0.15, 0.2) is 24.3 Å². The molecular formula is C19H23BClF3O2. The Balaban J connectivity index is 1.51. The van der Waals surface area contributed by atoms with Crippen molar-refractivity contribution in [3.05, 3.63) is 35.4 Å². The van der Waals surface area contributed by atoms with E-state index >= 15 is 0 Å². The second-order valence-corrected chi connectivity index (χ2v) is 9.30. The molecule has 0 amide bonds. The molecule has 4 aliphatic rings. The summed E-state index contributed by atoms with van der Waals surface area (Å²) in [5.41, 5.74) is -0.808. The van der Waals surface area contributed by atoms with E-state index in [0.29, 0.717) is 11.5 Å². The fourth-order valence-electron chi connectivity index (χ4n) is 5.38. The van der Waals surface area contributed by atoms with Gasteiger partial charge in [0.15, 0.2) is 0 Å². The van der Waals surface area contributed by atoms with Gasteiger partial charge in [0.2, 0.25) is 0 Å². The van der Waals surface area contributed by atoms with Gasteiger partial charge in [0.05, 0.1) is 22.0 Å². The van der Waals surface area contributed by atoms with Crippen molar-refractivity contribution in [1.82, 2.24) is 0 Å². The Morgan fingerprint density at radius 1 is 1.27 bits per heavy atom. The Hall–Kier alpha value is -0.715. The average molecular weight is 387 g/mol. The van der Waals surface area contributed by atoms with Gasteiger partial charge in [-0.25, -0.2) is 0 Å². The zero-order valence-corrected chi connectivity index (χ0v) is 16.0. The van der Waals surface area contributed by atoms with Crippen LogP contribution < -0.4 is 0 Å². The Morgan fingerprint density at radius 2 is 2.00 bits per heavy atom. The van der Waals surface area contributed by atoms with Crippen molar-refractivity contribution in [3.63, 3.8) is 0 Å². The van der Waals surface area contributed by atoms with Crippen molar-refractivity contribution in [2.24, 2.45) is 11.3 Å². The predicted molar refractivity (Wildman–Crippen MR) is 95.0 cm³/mol. The van der Waals surface area contributed by atoms with Crippen LogP contribution in [0.2, 0.25) is 0 Å². The molecule has 4 atom stereocenters. The standard InChI is InChI=1S/C19H23BClF3O2/c1-16(2)14-7-8-17(3)18(16,11-14)26-20(25-17)15(21)10-12-5-4-6-13(9-12)19(22,23)24/h4-6,9,14-15H,7-8,10-11H2,1-3H3/t14?,15-,17?,18?/m1/s1. The highest BCUT2D eigenvalue weighted by molar-refractivity contribution is 6.60. The predicted octanol–water partition coefficient (Wildman–Crippen LogP) is 5.27. The summed E-state index contributed by atoms with van der Waals surface area (Å²) in [6.45, 7) is 6.54. The first kappa shape index (κ1) is 18.6. The minimum absolute atomic E-state index is 0.0293. The maximum absolute atomic E-state index is 12.9. The second kappa shape index (κ2) is 5.65. The molecule has 1 aliphatic heterocycles. The molecule has 0 aromatic heterocycles. The van der Waals surface area contributed by atoms with Crippen molar-refractivity contribution in [2.75, 3.05) is 0 Å². The van der Waals surface area contributed by atoms with Gasteiger partial charge in [-0.2, -0.15) is 13.2 Å². The second-order valence-electron chi connectivity index (χ2n) is 8.74. The van der Waals surface area contributed by atoms with Gasteiger partial charge in [-0.15, -0.1) is 11.6 Å². The highest BCUT2D eigenvalue weighted by Crippen LogP contribution is 2.70. The molecule has 3 unspecified atom stereocenters. The van der Waals surface area contributed by atoms with E-state index in [2.05, 4.69) is 20.8 Å². The molecule has 26 heavy (non-hydrogen) atoms. The third-order valence-electron chi connectivity index (χ3n) is 7.09. The van der Waals surface area contributed by atoms with E-state index in [4.69, 9.17) is 20.9 Å². The lowest BCUT2D eigenvalue weighted by atomic mass is 9.41. The molecule has 5 rings (SSSR count). The van der Waals surface area contributed by atoms with Crippen LogP contribution in [0.5, 0.6) is 0 Å². The highest BCUT2D eigenvalue weighted by atomic mass is 35.5. The van der Waals surface area contributed by atoms with Gasteiger partial charge in [-0.05, 0) is 55.6 Å². The third-order valence-corrected chi connectivity index (χ3v) is 7.45. The lowest BCUT2D eigenvalue weighted by Gasteiger charge is -2.69. The molecule has 0 radical (unpaired) electrons. The molecule has 1 spiro atoms. The largest absolute Gasteiger partial charge is 0.477 e. The molecular weight excluding hydrogens is 363 g/mol. The smallest absolute Gasteiger partial charge is 0.402 e. The zero-order valence-electron chi connectivity index (χ0n) is 15.2. The molecule has 142 valence electrons. The number of hydrogen-bond donors (Lipinski definition) is 0. The molecule has 1 aromatic carbocycles. The van der Waals surface area contributed by atoms with Crippen LogP contribution in [0.3, 0.4) is 0 Å².